The maximum absolute atomic E-state index is 12.9. The van der Waals surface area contributed by atoms with Crippen LogP contribution in [0.1, 0.15) is 51.7 Å². The van der Waals surface area contributed by atoms with Crippen molar-refractivity contribution in [3.8, 4) is 0 Å². The van der Waals surface area contributed by atoms with Crippen molar-refractivity contribution in [3.63, 3.8) is 0 Å². The molecule has 2 rings (SSSR count). The molecule has 0 saturated heterocycles. The molecule has 8 N–H and O–H groups in total. The van der Waals surface area contributed by atoms with Gasteiger partial charge in [0.05, 0.1) is 0 Å². The summed E-state index contributed by atoms with van der Waals surface area (Å²) in [6.07, 6.45) is -1.79. The van der Waals surface area contributed by atoms with Gasteiger partial charge in [-0.25, -0.2) is 4.79 Å². The van der Waals surface area contributed by atoms with E-state index in [1.54, 1.807) is 57.2 Å². The van der Waals surface area contributed by atoms with Crippen molar-refractivity contribution in [2.24, 2.45) is 11.8 Å². The van der Waals surface area contributed by atoms with Crippen molar-refractivity contribution in [1.29, 1.82) is 0 Å². The van der Waals surface area contributed by atoms with Crippen LogP contribution < -0.4 is 27.0 Å². The monoisotopic (exact) mass is 571 g/mol. The molecule has 0 unspecified atom stereocenters. The number of ether oxygens (including phenoxy) is 1. The maximum atomic E-state index is 12.9. The van der Waals surface area contributed by atoms with E-state index in [1.807, 2.05) is 12.1 Å². The van der Waals surface area contributed by atoms with Gasteiger partial charge in [0.1, 0.15) is 18.7 Å². The number of anilines is 2. The Bertz CT molecular complexity index is 1150. The SMILES string of the molecule is CC(C)[C@H](NC(=O)[C@@H](C)CCC(O)O)C(=O)N[C@@H](C)C(=O)Nc1ccc(COC(=O)NCc2ccc(N)cc2)cc1. The molecule has 0 heterocycles. The highest BCUT2D eigenvalue weighted by molar-refractivity contribution is 5.98. The Morgan fingerprint density at radius 2 is 1.41 bits per heavy atom. The second-order valence-corrected chi connectivity index (χ2v) is 10.3. The van der Waals surface area contributed by atoms with Gasteiger partial charge in [-0.1, -0.05) is 45.0 Å². The number of aliphatic hydroxyl groups excluding tert-OH is 1. The molecule has 41 heavy (non-hydrogen) atoms. The molecule has 0 aromatic heterocycles. The Morgan fingerprint density at radius 1 is 0.805 bits per heavy atom. The standard InChI is InChI=1S/C29H41N5O7/c1-17(2)25(34-26(37)18(3)5-14-24(35)36)28(39)32-19(4)27(38)33-23-12-8-21(9-13-23)16-41-29(40)31-15-20-6-10-22(30)11-7-20/h6-13,17-19,24-25,35-36H,5,14-16,30H2,1-4H3,(H,31,40)(H,32,39)(H,33,38)(H,34,37)/t18-,19-,25-/m0/s1. The third-order valence-electron chi connectivity index (χ3n) is 6.31. The number of aliphatic hydroxyl groups is 2. The number of carbonyl (C=O) groups excluding carboxylic acids is 4. The lowest BCUT2D eigenvalue weighted by Gasteiger charge is -2.25. The summed E-state index contributed by atoms with van der Waals surface area (Å²) in [4.78, 5) is 50.0. The lowest BCUT2D eigenvalue weighted by Crippen LogP contribution is -2.54. The highest BCUT2D eigenvalue weighted by Gasteiger charge is 2.28. The molecule has 3 atom stereocenters. The first kappa shape index (κ1) is 33.0. The molecule has 12 heteroatoms. The fourth-order valence-electron chi connectivity index (χ4n) is 3.67. The van der Waals surface area contributed by atoms with Crippen LogP contribution in [0.5, 0.6) is 0 Å². The van der Waals surface area contributed by atoms with E-state index in [0.717, 1.165) is 5.56 Å². The van der Waals surface area contributed by atoms with Gasteiger partial charge in [0.15, 0.2) is 6.29 Å². The second kappa shape index (κ2) is 16.2. The number of nitrogens with two attached hydrogens (primary N) is 1. The van der Waals surface area contributed by atoms with E-state index in [0.29, 0.717) is 23.5 Å². The molecule has 0 aliphatic carbocycles. The van der Waals surface area contributed by atoms with Crippen LogP contribution in [0.4, 0.5) is 16.2 Å². The summed E-state index contributed by atoms with van der Waals surface area (Å²) in [6.45, 7) is 7.05. The maximum Gasteiger partial charge on any atom is 0.407 e. The Kier molecular flexibility index (Phi) is 13.0. The van der Waals surface area contributed by atoms with Gasteiger partial charge in [-0.05, 0) is 61.1 Å². The third-order valence-corrected chi connectivity index (χ3v) is 6.31. The fourth-order valence-corrected chi connectivity index (χ4v) is 3.67. The molecule has 4 amide bonds. The van der Waals surface area contributed by atoms with Gasteiger partial charge in [-0.15, -0.1) is 0 Å². The van der Waals surface area contributed by atoms with Crippen molar-refractivity contribution >= 4 is 35.2 Å². The normalized spacial score (nSPS) is 13.2. The molecule has 0 spiro atoms. The van der Waals surface area contributed by atoms with Crippen LogP contribution in [0, 0.1) is 11.8 Å². The summed E-state index contributed by atoms with van der Waals surface area (Å²) >= 11 is 0. The first-order valence-electron chi connectivity index (χ1n) is 13.5. The third kappa shape index (κ3) is 11.9. The molecule has 0 fully saturated rings. The Labute approximate surface area is 240 Å². The van der Waals surface area contributed by atoms with Crippen LogP contribution in [-0.2, 0) is 32.3 Å². The summed E-state index contributed by atoms with van der Waals surface area (Å²) < 4.78 is 5.22. The second-order valence-electron chi connectivity index (χ2n) is 10.3. The van der Waals surface area contributed by atoms with E-state index >= 15 is 0 Å². The van der Waals surface area contributed by atoms with E-state index in [1.165, 1.54) is 6.92 Å². The molecule has 12 nitrogen and oxygen atoms in total. The van der Waals surface area contributed by atoms with Crippen LogP contribution >= 0.6 is 0 Å². The van der Waals surface area contributed by atoms with Crippen LogP contribution in [0.3, 0.4) is 0 Å². The molecule has 0 aliphatic rings. The number of hydrogen-bond acceptors (Lipinski definition) is 8. The number of rotatable bonds is 14. The largest absolute Gasteiger partial charge is 0.445 e. The number of alkyl carbamates (subject to hydrolysis) is 1. The van der Waals surface area contributed by atoms with E-state index in [4.69, 9.17) is 20.7 Å². The number of nitrogens with one attached hydrogen (secondary N) is 4. The van der Waals surface area contributed by atoms with E-state index < -0.39 is 42.2 Å². The van der Waals surface area contributed by atoms with Gasteiger partial charge in [0.2, 0.25) is 17.7 Å². The summed E-state index contributed by atoms with van der Waals surface area (Å²) in [5, 5.41) is 28.7. The molecule has 2 aromatic carbocycles. The molecule has 0 radical (unpaired) electrons. The fraction of sp³-hybridized carbons (Fsp3) is 0.448. The summed E-state index contributed by atoms with van der Waals surface area (Å²) in [5.41, 5.74) is 8.37. The Hall–Kier alpha value is -4.16. The number of amides is 4. The van der Waals surface area contributed by atoms with Crippen LogP contribution in [0.25, 0.3) is 0 Å². The molecular formula is C29H41N5O7. The van der Waals surface area contributed by atoms with Gasteiger partial charge >= 0.3 is 6.09 Å². The van der Waals surface area contributed by atoms with E-state index in [-0.39, 0.29) is 31.3 Å². The number of nitrogen functional groups attached to an aromatic ring is 1. The molecule has 224 valence electrons. The van der Waals surface area contributed by atoms with Crippen LogP contribution in [0.2, 0.25) is 0 Å². The van der Waals surface area contributed by atoms with E-state index in [2.05, 4.69) is 21.3 Å². The average Bonchev–Trinajstić information content (AvgIpc) is 2.93. The molecular weight excluding hydrogens is 530 g/mol. The Morgan fingerprint density at radius 3 is 2.00 bits per heavy atom. The highest BCUT2D eigenvalue weighted by atomic mass is 16.5. The zero-order valence-corrected chi connectivity index (χ0v) is 23.8. The van der Waals surface area contributed by atoms with Gasteiger partial charge in [-0.3, -0.25) is 14.4 Å². The highest BCUT2D eigenvalue weighted by Crippen LogP contribution is 2.13. The average molecular weight is 572 g/mol. The lowest BCUT2D eigenvalue weighted by atomic mass is 9.99. The minimum absolute atomic E-state index is 0.0375. The predicted molar refractivity (Wildman–Crippen MR) is 154 cm³/mol. The smallest absolute Gasteiger partial charge is 0.407 e. The first-order valence-corrected chi connectivity index (χ1v) is 13.5. The Balaban J connectivity index is 1.81. The molecule has 0 aliphatic heterocycles. The predicted octanol–water partition coefficient (Wildman–Crippen LogP) is 2.01. The van der Waals surface area contributed by atoms with E-state index in [9.17, 15) is 19.2 Å². The number of hydrogen-bond donors (Lipinski definition) is 7. The number of carbonyl (C=O) groups is 4. The first-order chi connectivity index (χ1) is 19.3. The molecule has 0 saturated carbocycles. The van der Waals surface area contributed by atoms with Gasteiger partial charge in [-0.2, -0.15) is 0 Å². The van der Waals surface area contributed by atoms with Crippen molar-refractivity contribution in [2.45, 2.75) is 72.1 Å². The zero-order chi connectivity index (χ0) is 30.5. The summed E-state index contributed by atoms with van der Waals surface area (Å²) in [6, 6.07) is 12.1. The number of benzene rings is 2. The van der Waals surface area contributed by atoms with Gasteiger partial charge < -0.3 is 42.0 Å². The minimum Gasteiger partial charge on any atom is -0.445 e. The van der Waals surface area contributed by atoms with Crippen LogP contribution in [0.15, 0.2) is 48.5 Å². The van der Waals surface area contributed by atoms with Crippen molar-refractivity contribution in [3.05, 3.63) is 59.7 Å². The molecule has 2 aromatic rings. The molecule has 0 bridgehead atoms. The minimum atomic E-state index is -1.50. The lowest BCUT2D eigenvalue weighted by molar-refractivity contribution is -0.133. The van der Waals surface area contributed by atoms with Crippen molar-refractivity contribution < 1.29 is 34.1 Å². The van der Waals surface area contributed by atoms with Crippen LogP contribution in [-0.4, -0.2) is 52.4 Å². The van der Waals surface area contributed by atoms with Crippen molar-refractivity contribution in [1.82, 2.24) is 16.0 Å². The topological polar surface area (TPSA) is 192 Å². The summed E-state index contributed by atoms with van der Waals surface area (Å²) in [7, 11) is 0. The summed E-state index contributed by atoms with van der Waals surface area (Å²) in [5.74, 6) is -2.13. The quantitative estimate of drug-likeness (QED) is 0.132. The van der Waals surface area contributed by atoms with Gasteiger partial charge in [0.25, 0.3) is 0 Å². The van der Waals surface area contributed by atoms with Gasteiger partial charge in [0, 0.05) is 23.8 Å². The van der Waals surface area contributed by atoms with Crippen molar-refractivity contribution in [2.75, 3.05) is 11.1 Å². The zero-order valence-electron chi connectivity index (χ0n) is 23.8.